The molecule has 0 bridgehead atoms. The molecular weight excluding hydrogens is 188 g/mol. The van der Waals surface area contributed by atoms with Crippen molar-refractivity contribution in [2.75, 3.05) is 12.4 Å². The number of aliphatic imine (C=N–C) groups is 4. The highest BCUT2D eigenvalue weighted by Gasteiger charge is 2.25. The maximum absolute atomic E-state index is 8.66. The fraction of sp³-hybridized carbons (Fsp3) is 0.429. The molecule has 0 aromatic heterocycles. The molecule has 0 saturated heterocycles. The van der Waals surface area contributed by atoms with E-state index in [1.807, 2.05) is 0 Å². The van der Waals surface area contributed by atoms with E-state index in [4.69, 9.17) is 5.11 Å². The number of amidine groups is 1. The van der Waals surface area contributed by atoms with E-state index in [0.29, 0.717) is 11.6 Å². The summed E-state index contributed by atoms with van der Waals surface area (Å²) in [5.74, 6) is 1.32. The fourth-order valence-electron chi connectivity index (χ4n) is 1.06. The van der Waals surface area contributed by atoms with Gasteiger partial charge in [0.25, 0.3) is 0 Å². The molecule has 13 heavy (non-hydrogen) atoms. The lowest BCUT2D eigenvalue weighted by Gasteiger charge is -2.12. The second-order valence-corrected chi connectivity index (χ2v) is 3.55. The van der Waals surface area contributed by atoms with Crippen molar-refractivity contribution in [3.63, 3.8) is 0 Å². The molecule has 2 aliphatic heterocycles. The van der Waals surface area contributed by atoms with Gasteiger partial charge < -0.3 is 5.11 Å². The number of aliphatic hydroxyl groups excluding tert-OH is 1. The SMILES string of the molecule is OCCSC1=NC=NC2=NC=NC21. The number of nitrogens with zero attached hydrogens (tertiary/aromatic N) is 4. The van der Waals surface area contributed by atoms with Crippen LogP contribution in [0.4, 0.5) is 0 Å². The van der Waals surface area contributed by atoms with Gasteiger partial charge in [0.15, 0.2) is 11.9 Å². The Morgan fingerprint density at radius 3 is 3.15 bits per heavy atom. The molecule has 2 aliphatic rings. The van der Waals surface area contributed by atoms with E-state index in [1.54, 1.807) is 0 Å². The van der Waals surface area contributed by atoms with Gasteiger partial charge in [0.1, 0.15) is 17.7 Å². The van der Waals surface area contributed by atoms with Gasteiger partial charge >= 0.3 is 0 Å². The topological polar surface area (TPSA) is 69.7 Å². The lowest BCUT2D eigenvalue weighted by atomic mass is 10.3. The quantitative estimate of drug-likeness (QED) is 0.673. The van der Waals surface area contributed by atoms with Crippen LogP contribution < -0.4 is 0 Å². The molecule has 1 atom stereocenters. The minimum Gasteiger partial charge on any atom is -0.396 e. The van der Waals surface area contributed by atoms with E-state index in [2.05, 4.69) is 20.0 Å². The second kappa shape index (κ2) is 3.80. The van der Waals surface area contributed by atoms with Crippen LogP contribution >= 0.6 is 11.8 Å². The zero-order chi connectivity index (χ0) is 9.10. The predicted octanol–water partition coefficient (Wildman–Crippen LogP) is -0.0387. The number of hydrogen-bond acceptors (Lipinski definition) is 6. The smallest absolute Gasteiger partial charge is 0.163 e. The third-order valence-corrected chi connectivity index (χ3v) is 2.61. The molecule has 5 nitrogen and oxygen atoms in total. The zero-order valence-corrected chi connectivity index (χ0v) is 7.61. The van der Waals surface area contributed by atoms with E-state index < -0.39 is 0 Å². The minimum atomic E-state index is -0.124. The number of fused-ring (bicyclic) bond motifs is 1. The standard InChI is InChI=1S/C7H8N4OS/c12-1-2-13-7-5-6(9-3-8-5)10-4-11-7/h3-5,12H,1-2H2. The molecule has 1 N–H and O–H groups in total. The lowest BCUT2D eigenvalue weighted by Crippen LogP contribution is -2.26. The van der Waals surface area contributed by atoms with Crippen LogP contribution in [-0.2, 0) is 0 Å². The Labute approximate surface area is 79.4 Å². The molecule has 0 aromatic rings. The van der Waals surface area contributed by atoms with E-state index >= 15 is 0 Å². The maximum atomic E-state index is 8.66. The molecule has 68 valence electrons. The minimum absolute atomic E-state index is 0.124. The maximum Gasteiger partial charge on any atom is 0.163 e. The lowest BCUT2D eigenvalue weighted by molar-refractivity contribution is 0.323. The molecule has 0 aromatic carbocycles. The van der Waals surface area contributed by atoms with Crippen LogP contribution in [0, 0.1) is 0 Å². The molecule has 6 heteroatoms. The Balaban J connectivity index is 2.10. The summed E-state index contributed by atoms with van der Waals surface area (Å²) >= 11 is 1.49. The summed E-state index contributed by atoms with van der Waals surface area (Å²) in [5, 5.41) is 9.52. The number of thioether (sulfide) groups is 1. The molecular formula is C7H8N4OS. The number of rotatable bonds is 2. The monoisotopic (exact) mass is 196 g/mol. The van der Waals surface area contributed by atoms with Crippen molar-refractivity contribution in [2.45, 2.75) is 6.04 Å². The van der Waals surface area contributed by atoms with Crippen molar-refractivity contribution in [3.05, 3.63) is 0 Å². The Morgan fingerprint density at radius 2 is 2.31 bits per heavy atom. The highest BCUT2D eigenvalue weighted by atomic mass is 32.2. The van der Waals surface area contributed by atoms with Crippen LogP contribution in [0.15, 0.2) is 20.0 Å². The van der Waals surface area contributed by atoms with Gasteiger partial charge in [0, 0.05) is 5.75 Å². The van der Waals surface area contributed by atoms with Gasteiger partial charge in [-0.25, -0.2) is 15.0 Å². The highest BCUT2D eigenvalue weighted by Crippen LogP contribution is 2.17. The van der Waals surface area contributed by atoms with Crippen LogP contribution in [0.1, 0.15) is 0 Å². The molecule has 0 spiro atoms. The first-order valence-electron chi connectivity index (χ1n) is 3.85. The fourth-order valence-corrected chi connectivity index (χ4v) is 1.80. The third kappa shape index (κ3) is 1.68. The third-order valence-electron chi connectivity index (χ3n) is 1.60. The van der Waals surface area contributed by atoms with Crippen LogP contribution in [0.25, 0.3) is 0 Å². The van der Waals surface area contributed by atoms with E-state index in [1.165, 1.54) is 24.4 Å². The van der Waals surface area contributed by atoms with Crippen LogP contribution in [-0.4, -0.2) is 47.1 Å². The van der Waals surface area contributed by atoms with E-state index in [0.717, 1.165) is 5.04 Å². The molecule has 2 heterocycles. The van der Waals surface area contributed by atoms with Gasteiger partial charge in [0.05, 0.1) is 6.61 Å². The Morgan fingerprint density at radius 1 is 1.38 bits per heavy atom. The summed E-state index contributed by atoms with van der Waals surface area (Å²) in [6.07, 6.45) is 2.97. The molecule has 0 amide bonds. The van der Waals surface area contributed by atoms with Crippen LogP contribution in [0.5, 0.6) is 0 Å². The average Bonchev–Trinajstić information content (AvgIpc) is 2.62. The molecule has 0 radical (unpaired) electrons. The zero-order valence-electron chi connectivity index (χ0n) is 6.79. The average molecular weight is 196 g/mol. The van der Waals surface area contributed by atoms with Crippen LogP contribution in [0.2, 0.25) is 0 Å². The molecule has 0 fully saturated rings. The first kappa shape index (κ1) is 8.58. The Bertz CT molecular complexity index is 320. The van der Waals surface area contributed by atoms with Crippen molar-refractivity contribution in [3.8, 4) is 0 Å². The first-order chi connectivity index (χ1) is 6.42. The van der Waals surface area contributed by atoms with Crippen LogP contribution in [0.3, 0.4) is 0 Å². The Hall–Kier alpha value is -1.01. The van der Waals surface area contributed by atoms with Gasteiger partial charge in [-0.05, 0) is 0 Å². The van der Waals surface area contributed by atoms with Gasteiger partial charge in [-0.15, -0.1) is 11.8 Å². The van der Waals surface area contributed by atoms with Crippen molar-refractivity contribution in [1.82, 2.24) is 0 Å². The normalized spacial score (nSPS) is 24.2. The molecule has 1 unspecified atom stereocenters. The summed E-state index contributed by atoms with van der Waals surface area (Å²) in [7, 11) is 0. The summed E-state index contributed by atoms with van der Waals surface area (Å²) in [6.45, 7) is 0.143. The van der Waals surface area contributed by atoms with E-state index in [9.17, 15) is 0 Å². The van der Waals surface area contributed by atoms with Crippen molar-refractivity contribution in [1.29, 1.82) is 0 Å². The number of aliphatic hydroxyl groups is 1. The van der Waals surface area contributed by atoms with Gasteiger partial charge in [-0.2, -0.15) is 0 Å². The van der Waals surface area contributed by atoms with Crippen molar-refractivity contribution < 1.29 is 5.11 Å². The summed E-state index contributed by atoms with van der Waals surface area (Å²) in [4.78, 5) is 16.2. The van der Waals surface area contributed by atoms with E-state index in [-0.39, 0.29) is 12.6 Å². The first-order valence-corrected chi connectivity index (χ1v) is 4.83. The van der Waals surface area contributed by atoms with Crippen molar-refractivity contribution >= 4 is 35.3 Å². The summed E-state index contributed by atoms with van der Waals surface area (Å²) in [5.41, 5.74) is 0. The highest BCUT2D eigenvalue weighted by molar-refractivity contribution is 8.14. The molecule has 0 saturated carbocycles. The molecule has 2 rings (SSSR count). The summed E-state index contributed by atoms with van der Waals surface area (Å²) in [6, 6.07) is -0.124. The second-order valence-electron chi connectivity index (χ2n) is 2.44. The largest absolute Gasteiger partial charge is 0.396 e. The van der Waals surface area contributed by atoms with Crippen molar-refractivity contribution in [2.24, 2.45) is 20.0 Å². The van der Waals surface area contributed by atoms with Gasteiger partial charge in [-0.3, -0.25) is 4.99 Å². The van der Waals surface area contributed by atoms with Gasteiger partial charge in [0.2, 0.25) is 0 Å². The van der Waals surface area contributed by atoms with Gasteiger partial charge in [-0.1, -0.05) is 0 Å². The number of hydrogen-bond donors (Lipinski definition) is 1. The summed E-state index contributed by atoms with van der Waals surface area (Å²) < 4.78 is 0. The Kier molecular flexibility index (Phi) is 2.51. The predicted molar refractivity (Wildman–Crippen MR) is 55.2 cm³/mol. The molecule has 0 aliphatic carbocycles.